The zero-order valence-electron chi connectivity index (χ0n) is 19.8. The van der Waals surface area contributed by atoms with Crippen LogP contribution in [0, 0.1) is 18.3 Å². The first-order valence-corrected chi connectivity index (χ1v) is 12.6. The lowest BCUT2D eigenvalue weighted by atomic mass is 9.63. The Morgan fingerprint density at radius 3 is 2.76 bits per heavy atom. The fraction of sp³-hybridized carbons (Fsp3) is 0.462. The lowest BCUT2D eigenvalue weighted by molar-refractivity contribution is -0.154. The van der Waals surface area contributed by atoms with E-state index in [-0.39, 0.29) is 0 Å². The molecule has 5 rings (SSSR count). The van der Waals surface area contributed by atoms with E-state index in [4.69, 9.17) is 0 Å². The number of hydrogen-bond acceptors (Lipinski definition) is 7. The van der Waals surface area contributed by atoms with Crippen molar-refractivity contribution in [3.63, 3.8) is 0 Å². The Labute approximate surface area is 203 Å². The molecule has 0 amide bonds. The summed E-state index contributed by atoms with van der Waals surface area (Å²) in [7, 11) is 0. The Morgan fingerprint density at radius 1 is 1.18 bits per heavy atom. The lowest BCUT2D eigenvalue weighted by Crippen LogP contribution is -2.44. The molecule has 0 saturated heterocycles. The molecule has 7 nitrogen and oxygen atoms in total. The van der Waals surface area contributed by atoms with E-state index in [9.17, 15) is 15.0 Å². The van der Waals surface area contributed by atoms with Crippen molar-refractivity contribution in [1.82, 2.24) is 15.0 Å². The number of rotatable bonds is 5. The number of carboxylic acid groups (broad SMARTS) is 1. The summed E-state index contributed by atoms with van der Waals surface area (Å²) in [6, 6.07) is 6.21. The van der Waals surface area contributed by atoms with Gasteiger partial charge in [-0.05, 0) is 79.7 Å². The number of carbonyl (C=O) groups is 1. The van der Waals surface area contributed by atoms with Crippen molar-refractivity contribution in [2.24, 2.45) is 11.3 Å². The van der Waals surface area contributed by atoms with Crippen LogP contribution in [0.1, 0.15) is 61.4 Å². The van der Waals surface area contributed by atoms with Crippen LogP contribution in [0.3, 0.4) is 0 Å². The van der Waals surface area contributed by atoms with E-state index in [1.807, 2.05) is 27.0 Å². The summed E-state index contributed by atoms with van der Waals surface area (Å²) in [6.45, 7) is 5.89. The topological polar surface area (TPSA) is 108 Å². The minimum absolute atomic E-state index is 0.375. The van der Waals surface area contributed by atoms with E-state index in [1.165, 1.54) is 16.9 Å². The Balaban J connectivity index is 1.39. The zero-order valence-corrected chi connectivity index (χ0v) is 20.6. The molecule has 0 spiro atoms. The highest BCUT2D eigenvalue weighted by Gasteiger charge is 2.49. The number of fused-ring (bicyclic) bond motifs is 1. The van der Waals surface area contributed by atoms with Crippen LogP contribution in [0.15, 0.2) is 30.6 Å². The number of carboxylic acids is 1. The molecule has 2 aliphatic carbocycles. The van der Waals surface area contributed by atoms with Crippen molar-refractivity contribution in [2.45, 2.75) is 64.9 Å². The van der Waals surface area contributed by atoms with Crippen LogP contribution >= 0.6 is 11.3 Å². The maximum Gasteiger partial charge on any atom is 0.307 e. The smallest absolute Gasteiger partial charge is 0.307 e. The summed E-state index contributed by atoms with van der Waals surface area (Å²) in [4.78, 5) is 26.3. The van der Waals surface area contributed by atoms with Crippen molar-refractivity contribution in [1.29, 1.82) is 0 Å². The molecule has 2 heterocycles. The van der Waals surface area contributed by atoms with Crippen LogP contribution in [-0.4, -0.2) is 31.1 Å². The van der Waals surface area contributed by atoms with E-state index in [2.05, 4.69) is 38.5 Å². The van der Waals surface area contributed by atoms with Gasteiger partial charge in [-0.2, -0.15) is 0 Å². The number of aromatic nitrogens is 3. The Hall–Kier alpha value is -2.84. The zero-order chi connectivity index (χ0) is 24.1. The Bertz CT molecular complexity index is 1250. The summed E-state index contributed by atoms with van der Waals surface area (Å²) < 4.78 is 0. The quantitative estimate of drug-likeness (QED) is 0.460. The molecule has 3 aromatic rings. The normalized spacial score (nSPS) is 23.5. The highest BCUT2D eigenvalue weighted by Crippen LogP contribution is 2.50. The van der Waals surface area contributed by atoms with Crippen LogP contribution in [0.25, 0.3) is 10.4 Å². The van der Waals surface area contributed by atoms with Gasteiger partial charge in [0.1, 0.15) is 10.6 Å². The third kappa shape index (κ3) is 4.32. The van der Waals surface area contributed by atoms with Crippen molar-refractivity contribution in [3.05, 3.63) is 52.4 Å². The number of aliphatic hydroxyl groups is 1. The molecule has 3 N–H and O–H groups in total. The summed E-state index contributed by atoms with van der Waals surface area (Å²) in [5.74, 6) is -0.646. The van der Waals surface area contributed by atoms with Gasteiger partial charge in [0, 0.05) is 23.8 Å². The van der Waals surface area contributed by atoms with Crippen molar-refractivity contribution in [3.8, 4) is 10.4 Å². The highest BCUT2D eigenvalue weighted by molar-refractivity contribution is 7.15. The van der Waals surface area contributed by atoms with Gasteiger partial charge in [-0.3, -0.25) is 4.79 Å². The van der Waals surface area contributed by atoms with Crippen LogP contribution in [0.2, 0.25) is 0 Å². The number of benzene rings is 1. The Kier molecular flexibility index (Phi) is 5.68. The van der Waals surface area contributed by atoms with Gasteiger partial charge in [0.05, 0.1) is 10.8 Å². The number of thiazole rings is 1. The minimum atomic E-state index is -1.11. The number of aliphatic carboxylic acids is 1. The van der Waals surface area contributed by atoms with Gasteiger partial charge in [0.15, 0.2) is 0 Å². The van der Waals surface area contributed by atoms with Crippen molar-refractivity contribution in [2.75, 3.05) is 5.32 Å². The molecule has 2 atom stereocenters. The summed E-state index contributed by atoms with van der Waals surface area (Å²) in [5, 5.41) is 25.0. The molecule has 0 aliphatic heterocycles. The maximum absolute atomic E-state index is 11.6. The predicted octanol–water partition coefficient (Wildman–Crippen LogP) is 5.24. The number of hydrogen-bond donors (Lipinski definition) is 3. The highest BCUT2D eigenvalue weighted by atomic mass is 32.1. The Morgan fingerprint density at radius 2 is 2.00 bits per heavy atom. The van der Waals surface area contributed by atoms with E-state index >= 15 is 0 Å². The molecular formula is C26H30N4O3S. The van der Waals surface area contributed by atoms with Gasteiger partial charge in [-0.1, -0.05) is 19.9 Å². The standard InChI is InChI=1S/C26H30N4O3S/c1-15-9-17(11-18(10-15)29-24-28-12-16-5-4-6-20(16)30-24)21-13-27-23(34-21)26(33)8-7-19(22(31)32)25(2,3)14-26/h9-13,19,33H,4-8,14H2,1-3H3,(H,31,32)(H,28,29,30). The van der Waals surface area contributed by atoms with Crippen LogP contribution in [-0.2, 0) is 23.2 Å². The van der Waals surface area contributed by atoms with Gasteiger partial charge in [0.25, 0.3) is 0 Å². The fourth-order valence-electron chi connectivity index (χ4n) is 5.50. The average molecular weight is 479 g/mol. The van der Waals surface area contributed by atoms with Crippen LogP contribution < -0.4 is 5.32 Å². The van der Waals surface area contributed by atoms with Gasteiger partial charge in [-0.15, -0.1) is 11.3 Å². The monoisotopic (exact) mass is 478 g/mol. The van der Waals surface area contributed by atoms with Gasteiger partial charge < -0.3 is 15.5 Å². The molecule has 1 fully saturated rings. The molecule has 2 aromatic heterocycles. The fourth-order valence-corrected chi connectivity index (χ4v) is 6.52. The van der Waals surface area contributed by atoms with Crippen molar-refractivity contribution < 1.29 is 15.0 Å². The van der Waals surface area contributed by atoms with E-state index < -0.39 is 22.9 Å². The molecule has 2 unspecified atom stereocenters. The van der Waals surface area contributed by atoms with Crippen LogP contribution in [0.5, 0.6) is 0 Å². The summed E-state index contributed by atoms with van der Waals surface area (Å²) in [5.41, 5.74) is 3.76. The number of aryl methyl sites for hydroxylation is 3. The first-order chi connectivity index (χ1) is 16.1. The third-order valence-electron chi connectivity index (χ3n) is 7.17. The van der Waals surface area contributed by atoms with Crippen molar-refractivity contribution >= 4 is 28.9 Å². The molecule has 0 bridgehead atoms. The third-order valence-corrected chi connectivity index (χ3v) is 8.41. The first-order valence-electron chi connectivity index (χ1n) is 11.8. The molecule has 0 radical (unpaired) electrons. The van der Waals surface area contributed by atoms with Gasteiger partial charge in [0.2, 0.25) is 5.95 Å². The summed E-state index contributed by atoms with van der Waals surface area (Å²) in [6.07, 6.45) is 8.13. The maximum atomic E-state index is 11.6. The van der Waals surface area contributed by atoms with E-state index in [1.54, 1.807) is 6.20 Å². The molecule has 178 valence electrons. The number of nitrogens with zero attached hydrogens (tertiary/aromatic N) is 3. The molecule has 1 aromatic carbocycles. The molecule has 34 heavy (non-hydrogen) atoms. The first kappa shape index (κ1) is 22.9. The SMILES string of the molecule is Cc1cc(Nc2ncc3c(n2)CCC3)cc(-c2cnc(C3(O)CCC(C(=O)O)C(C)(C)C3)s2)c1. The van der Waals surface area contributed by atoms with Crippen LogP contribution in [0.4, 0.5) is 11.6 Å². The minimum Gasteiger partial charge on any atom is -0.481 e. The lowest BCUT2D eigenvalue weighted by Gasteiger charge is -2.44. The van der Waals surface area contributed by atoms with Gasteiger partial charge >= 0.3 is 5.97 Å². The number of nitrogens with one attached hydrogen (secondary N) is 1. The largest absolute Gasteiger partial charge is 0.481 e. The van der Waals surface area contributed by atoms with Gasteiger partial charge in [-0.25, -0.2) is 15.0 Å². The summed E-state index contributed by atoms with van der Waals surface area (Å²) >= 11 is 1.47. The molecule has 8 heteroatoms. The average Bonchev–Trinajstić information content (AvgIpc) is 3.42. The molecule has 2 aliphatic rings. The molecular weight excluding hydrogens is 448 g/mol. The second-order valence-electron chi connectivity index (χ2n) is 10.4. The second kappa shape index (κ2) is 8.43. The van der Waals surface area contributed by atoms with E-state index in [0.29, 0.717) is 30.2 Å². The second-order valence-corrected chi connectivity index (χ2v) is 11.4. The predicted molar refractivity (Wildman–Crippen MR) is 132 cm³/mol. The number of anilines is 2. The molecule has 1 saturated carbocycles. The van der Waals surface area contributed by atoms with E-state index in [0.717, 1.165) is 46.6 Å².